The van der Waals surface area contributed by atoms with Crippen LogP contribution in [0.5, 0.6) is 5.75 Å². The molecule has 0 unspecified atom stereocenters. The highest BCUT2D eigenvalue weighted by molar-refractivity contribution is 6.33. The molecule has 3 heterocycles. The average molecular weight is 600 g/mol. The molecular formula is C31H36Cl2N4O4. The minimum Gasteiger partial charge on any atom is -0.491 e. The zero-order valence-electron chi connectivity index (χ0n) is 23.2. The lowest BCUT2D eigenvalue weighted by molar-refractivity contribution is 0.00672. The number of likely N-dealkylation sites (tertiary alicyclic amines) is 1. The smallest absolute Gasteiger partial charge is 0.255 e. The number of carbonyl (C=O) groups is 1. The van der Waals surface area contributed by atoms with Gasteiger partial charge in [0.2, 0.25) is 0 Å². The van der Waals surface area contributed by atoms with Crippen LogP contribution < -0.4 is 9.64 Å². The first-order valence-corrected chi connectivity index (χ1v) is 14.8. The van der Waals surface area contributed by atoms with Crippen molar-refractivity contribution in [3.05, 3.63) is 87.7 Å². The van der Waals surface area contributed by atoms with Crippen LogP contribution in [0.3, 0.4) is 0 Å². The lowest BCUT2D eigenvalue weighted by atomic mass is 9.97. The number of nitrogens with zero attached hydrogens (tertiary/aromatic N) is 4. The van der Waals surface area contributed by atoms with Crippen molar-refractivity contribution >= 4 is 34.8 Å². The number of aliphatic hydroxyl groups excluding tert-OH is 1. The number of pyridine rings is 1. The summed E-state index contributed by atoms with van der Waals surface area (Å²) < 4.78 is 5.53. The second kappa shape index (κ2) is 13.0. The Labute approximate surface area is 251 Å². The van der Waals surface area contributed by atoms with Gasteiger partial charge in [0.05, 0.1) is 34.6 Å². The van der Waals surface area contributed by atoms with Gasteiger partial charge in [0, 0.05) is 56.6 Å². The summed E-state index contributed by atoms with van der Waals surface area (Å²) >= 11 is 12.9. The lowest BCUT2D eigenvalue weighted by Crippen LogP contribution is -2.52. The molecule has 10 heteroatoms. The highest BCUT2D eigenvalue weighted by Gasteiger charge is 2.35. The summed E-state index contributed by atoms with van der Waals surface area (Å²) in [5.41, 5.74) is 1.83. The molecule has 2 N–H and O–H groups in total. The Morgan fingerprint density at radius 1 is 1.05 bits per heavy atom. The van der Waals surface area contributed by atoms with Crippen molar-refractivity contribution in [3.8, 4) is 5.75 Å². The fourth-order valence-corrected chi connectivity index (χ4v) is 6.08. The van der Waals surface area contributed by atoms with Gasteiger partial charge in [0.15, 0.2) is 0 Å². The first kappa shape index (κ1) is 29.6. The van der Waals surface area contributed by atoms with Crippen LogP contribution in [0, 0.1) is 0 Å². The Hall–Kier alpha value is -2.88. The zero-order valence-corrected chi connectivity index (χ0v) is 24.7. The molecule has 0 radical (unpaired) electrons. The SMILES string of the molecule is C[C@@](O)(CN1CCN(c2ccc(OCCO)cc2Cl)[C@H](c2ccc(Cl)cc2)C1)c1ccc(C(=O)N2CCCC2)cn1. The van der Waals surface area contributed by atoms with Gasteiger partial charge < -0.3 is 24.7 Å². The average Bonchev–Trinajstić information content (AvgIpc) is 3.52. The van der Waals surface area contributed by atoms with E-state index in [1.165, 1.54) is 0 Å². The highest BCUT2D eigenvalue weighted by Crippen LogP contribution is 2.38. The third kappa shape index (κ3) is 6.96. The van der Waals surface area contributed by atoms with Gasteiger partial charge in [-0.3, -0.25) is 14.7 Å². The molecule has 2 atom stereocenters. The van der Waals surface area contributed by atoms with E-state index in [9.17, 15) is 9.90 Å². The summed E-state index contributed by atoms with van der Waals surface area (Å²) in [6, 6.07) is 16.9. The van der Waals surface area contributed by atoms with Gasteiger partial charge in [-0.15, -0.1) is 0 Å². The molecule has 0 spiro atoms. The van der Waals surface area contributed by atoms with Crippen LogP contribution in [0.25, 0.3) is 0 Å². The number of aromatic nitrogens is 1. The molecule has 2 aliphatic rings. The summed E-state index contributed by atoms with van der Waals surface area (Å²) in [6.07, 6.45) is 3.65. The summed E-state index contributed by atoms with van der Waals surface area (Å²) in [5, 5.41) is 21.8. The number of piperazine rings is 1. The maximum atomic E-state index is 12.7. The van der Waals surface area contributed by atoms with E-state index in [2.05, 4.69) is 14.8 Å². The van der Waals surface area contributed by atoms with Crippen LogP contribution in [0.4, 0.5) is 5.69 Å². The summed E-state index contributed by atoms with van der Waals surface area (Å²) in [5.74, 6) is 0.598. The highest BCUT2D eigenvalue weighted by atomic mass is 35.5. The number of ether oxygens (including phenoxy) is 1. The second-order valence-electron chi connectivity index (χ2n) is 10.9. The van der Waals surface area contributed by atoms with Gasteiger partial charge in [-0.05, 0) is 61.7 Å². The normalized spacial score (nSPS) is 19.3. The fourth-order valence-electron chi connectivity index (χ4n) is 5.67. The molecule has 5 rings (SSSR count). The molecule has 2 aliphatic heterocycles. The van der Waals surface area contributed by atoms with Gasteiger partial charge in [-0.2, -0.15) is 0 Å². The number of rotatable bonds is 9. The predicted molar refractivity (Wildman–Crippen MR) is 161 cm³/mol. The van der Waals surface area contributed by atoms with Gasteiger partial charge in [-0.25, -0.2) is 0 Å². The van der Waals surface area contributed by atoms with E-state index in [-0.39, 0.29) is 25.2 Å². The van der Waals surface area contributed by atoms with Crippen LogP contribution in [0.1, 0.15) is 47.4 Å². The first-order valence-electron chi connectivity index (χ1n) is 14.0. The molecule has 3 aromatic rings. The Kier molecular flexibility index (Phi) is 9.36. The molecule has 41 heavy (non-hydrogen) atoms. The van der Waals surface area contributed by atoms with Crippen molar-refractivity contribution in [2.75, 3.05) is 57.4 Å². The van der Waals surface area contributed by atoms with Crippen LogP contribution in [-0.4, -0.2) is 83.4 Å². The van der Waals surface area contributed by atoms with Gasteiger partial charge in [0.1, 0.15) is 18.0 Å². The summed E-state index contributed by atoms with van der Waals surface area (Å²) in [6.45, 7) is 5.86. The topological polar surface area (TPSA) is 89.4 Å². The molecule has 0 saturated carbocycles. The third-order valence-electron chi connectivity index (χ3n) is 7.79. The van der Waals surface area contributed by atoms with Gasteiger partial charge >= 0.3 is 0 Å². The third-order valence-corrected chi connectivity index (χ3v) is 8.35. The van der Waals surface area contributed by atoms with E-state index in [0.29, 0.717) is 53.2 Å². The molecule has 1 aromatic heterocycles. The molecule has 0 aliphatic carbocycles. The van der Waals surface area contributed by atoms with Crippen molar-refractivity contribution < 1.29 is 19.7 Å². The maximum absolute atomic E-state index is 12.7. The number of hydrogen-bond acceptors (Lipinski definition) is 7. The molecule has 2 fully saturated rings. The Bertz CT molecular complexity index is 1330. The number of halogens is 2. The van der Waals surface area contributed by atoms with E-state index in [0.717, 1.165) is 37.2 Å². The minimum absolute atomic E-state index is 0.00484. The summed E-state index contributed by atoms with van der Waals surface area (Å²) in [7, 11) is 0. The Morgan fingerprint density at radius 3 is 2.46 bits per heavy atom. The molecule has 2 saturated heterocycles. The van der Waals surface area contributed by atoms with E-state index in [1.54, 1.807) is 31.3 Å². The van der Waals surface area contributed by atoms with Gasteiger partial charge in [-0.1, -0.05) is 35.3 Å². The largest absolute Gasteiger partial charge is 0.491 e. The predicted octanol–water partition coefficient (Wildman–Crippen LogP) is 4.77. The molecule has 2 aromatic carbocycles. The number of hydrogen-bond donors (Lipinski definition) is 2. The number of aliphatic hydroxyl groups is 2. The quantitative estimate of drug-likeness (QED) is 0.367. The van der Waals surface area contributed by atoms with Crippen molar-refractivity contribution in [1.29, 1.82) is 0 Å². The second-order valence-corrected chi connectivity index (χ2v) is 11.7. The van der Waals surface area contributed by atoms with E-state index >= 15 is 0 Å². The number of anilines is 1. The van der Waals surface area contributed by atoms with Crippen LogP contribution in [0.2, 0.25) is 10.0 Å². The lowest BCUT2D eigenvalue weighted by Gasteiger charge is -2.45. The minimum atomic E-state index is -1.22. The Morgan fingerprint density at radius 2 is 1.80 bits per heavy atom. The number of amides is 1. The molecular weight excluding hydrogens is 563 g/mol. The van der Waals surface area contributed by atoms with Crippen molar-refractivity contribution in [2.24, 2.45) is 0 Å². The number of benzene rings is 2. The van der Waals surface area contributed by atoms with Crippen molar-refractivity contribution in [2.45, 2.75) is 31.4 Å². The number of β-amino-alcohol motifs (C(OH)–C–C–N with tert-alkyl or cyclic N) is 1. The van der Waals surface area contributed by atoms with E-state index < -0.39 is 5.60 Å². The monoisotopic (exact) mass is 598 g/mol. The molecule has 0 bridgehead atoms. The Balaban J connectivity index is 1.33. The maximum Gasteiger partial charge on any atom is 0.255 e. The fraction of sp³-hybridized carbons (Fsp3) is 0.419. The molecule has 1 amide bonds. The number of carbonyl (C=O) groups excluding carboxylic acids is 1. The van der Waals surface area contributed by atoms with E-state index in [4.69, 9.17) is 33.0 Å². The van der Waals surface area contributed by atoms with E-state index in [1.807, 2.05) is 41.3 Å². The summed E-state index contributed by atoms with van der Waals surface area (Å²) in [4.78, 5) is 23.6. The first-order chi connectivity index (χ1) is 19.7. The van der Waals surface area contributed by atoms with Crippen LogP contribution in [-0.2, 0) is 5.60 Å². The van der Waals surface area contributed by atoms with Gasteiger partial charge in [0.25, 0.3) is 5.91 Å². The standard InChI is InChI=1S/C31H36Cl2N4O4/c1-31(40,29-11-6-23(19-34-29)30(39)36-12-2-3-13-36)21-35-14-15-37(28(20-35)22-4-7-24(32)8-5-22)27-10-9-25(18-26(27)33)41-17-16-38/h4-11,18-19,28,38,40H,2-3,12-17,20-21H2,1H3/t28-,31+/m0/s1. The molecule has 8 nitrogen and oxygen atoms in total. The van der Waals surface area contributed by atoms with Crippen molar-refractivity contribution in [1.82, 2.24) is 14.8 Å². The van der Waals surface area contributed by atoms with Crippen LogP contribution in [0.15, 0.2) is 60.8 Å². The van der Waals surface area contributed by atoms with Crippen LogP contribution >= 0.6 is 23.2 Å². The zero-order chi connectivity index (χ0) is 29.0. The molecule has 218 valence electrons. The van der Waals surface area contributed by atoms with Crippen molar-refractivity contribution in [3.63, 3.8) is 0 Å².